The van der Waals surface area contributed by atoms with Gasteiger partial charge in [0.25, 0.3) is 0 Å². The third kappa shape index (κ3) is 3.05. The summed E-state index contributed by atoms with van der Waals surface area (Å²) >= 11 is 0. The normalized spacial score (nSPS) is 22.8. The van der Waals surface area contributed by atoms with E-state index in [4.69, 9.17) is 4.98 Å². The molecule has 1 aliphatic carbocycles. The van der Waals surface area contributed by atoms with Crippen LogP contribution in [-0.2, 0) is 28.1 Å². The molecule has 0 radical (unpaired) electrons. The second-order valence-electron chi connectivity index (χ2n) is 6.97. The first-order valence-electron chi connectivity index (χ1n) is 8.36. The number of carbonyl (C=O) groups excluding carboxylic acids is 1. The Morgan fingerprint density at radius 2 is 2.12 bits per heavy atom. The Morgan fingerprint density at radius 1 is 1.33 bits per heavy atom. The van der Waals surface area contributed by atoms with Crippen LogP contribution in [0.25, 0.3) is 11.0 Å². The lowest BCUT2D eigenvalue weighted by Gasteiger charge is -2.10. The molecule has 1 amide bonds. The molecule has 1 aliphatic heterocycles. The topological polar surface area (TPSA) is 81.1 Å². The summed E-state index contributed by atoms with van der Waals surface area (Å²) in [6, 6.07) is 5.68. The Labute approximate surface area is 141 Å². The lowest BCUT2D eigenvalue weighted by atomic mass is 10.1. The largest absolute Gasteiger partial charge is 0.352 e. The minimum absolute atomic E-state index is 0.0583. The number of aromatic nitrogens is 2. The van der Waals surface area contributed by atoms with Crippen molar-refractivity contribution in [3.63, 3.8) is 0 Å². The molecule has 2 aromatic rings. The molecule has 1 saturated heterocycles. The number of fused-ring (bicyclic) bond motifs is 1. The van der Waals surface area contributed by atoms with Crippen LogP contribution in [0.5, 0.6) is 0 Å². The summed E-state index contributed by atoms with van der Waals surface area (Å²) in [6.07, 6.45) is 3.17. The van der Waals surface area contributed by atoms with E-state index < -0.39 is 9.84 Å². The molecule has 2 fully saturated rings. The summed E-state index contributed by atoms with van der Waals surface area (Å²) < 4.78 is 25.1. The highest BCUT2D eigenvalue weighted by atomic mass is 32.2. The van der Waals surface area contributed by atoms with Crippen LogP contribution in [0.2, 0.25) is 0 Å². The van der Waals surface area contributed by atoms with Crippen LogP contribution in [0.1, 0.15) is 36.6 Å². The van der Waals surface area contributed by atoms with Gasteiger partial charge in [-0.2, -0.15) is 0 Å². The quantitative estimate of drug-likeness (QED) is 0.904. The van der Waals surface area contributed by atoms with Crippen molar-refractivity contribution >= 4 is 26.8 Å². The maximum absolute atomic E-state index is 12.2. The number of sulfone groups is 1. The summed E-state index contributed by atoms with van der Waals surface area (Å²) in [5.74, 6) is 1.81. The lowest BCUT2D eigenvalue weighted by Crippen LogP contribution is -2.36. The summed E-state index contributed by atoms with van der Waals surface area (Å²) in [4.78, 5) is 16.9. The summed E-state index contributed by atoms with van der Waals surface area (Å²) in [5.41, 5.74) is 2.91. The smallest absolute Gasteiger partial charge is 0.224 e. The number of hydrogen-bond acceptors (Lipinski definition) is 4. The molecule has 1 aromatic heterocycles. The van der Waals surface area contributed by atoms with Gasteiger partial charge >= 0.3 is 0 Å². The van der Waals surface area contributed by atoms with Crippen LogP contribution in [0.3, 0.4) is 0 Å². The molecule has 1 saturated carbocycles. The van der Waals surface area contributed by atoms with E-state index in [2.05, 4.69) is 9.88 Å². The Hall–Kier alpha value is -1.89. The third-order valence-corrected chi connectivity index (χ3v) is 6.65. The number of imidazole rings is 1. The second kappa shape index (κ2) is 5.58. The van der Waals surface area contributed by atoms with Crippen molar-refractivity contribution in [1.82, 2.24) is 14.9 Å². The van der Waals surface area contributed by atoms with Gasteiger partial charge in [0, 0.05) is 19.0 Å². The monoisotopic (exact) mass is 347 g/mol. The molecule has 1 aromatic carbocycles. The number of carbonyl (C=O) groups is 1. The summed E-state index contributed by atoms with van der Waals surface area (Å²) in [6.45, 7) is 0. The van der Waals surface area contributed by atoms with Crippen molar-refractivity contribution in [3.8, 4) is 0 Å². The van der Waals surface area contributed by atoms with Crippen LogP contribution in [0, 0.1) is 0 Å². The predicted molar refractivity (Wildman–Crippen MR) is 91.6 cm³/mol. The first-order chi connectivity index (χ1) is 11.4. The van der Waals surface area contributed by atoms with Crippen LogP contribution >= 0.6 is 0 Å². The van der Waals surface area contributed by atoms with E-state index in [1.165, 1.54) is 12.8 Å². The van der Waals surface area contributed by atoms with E-state index >= 15 is 0 Å². The minimum Gasteiger partial charge on any atom is -0.352 e. The van der Waals surface area contributed by atoms with E-state index in [0.717, 1.165) is 22.4 Å². The van der Waals surface area contributed by atoms with E-state index in [1.54, 1.807) is 0 Å². The van der Waals surface area contributed by atoms with Crippen molar-refractivity contribution < 1.29 is 13.2 Å². The molecule has 1 N–H and O–H groups in total. The summed E-state index contributed by atoms with van der Waals surface area (Å²) in [7, 11) is -0.937. The van der Waals surface area contributed by atoms with E-state index in [0.29, 0.717) is 12.3 Å². The van der Waals surface area contributed by atoms with Crippen LogP contribution in [-0.4, -0.2) is 41.4 Å². The minimum atomic E-state index is -2.97. The fourth-order valence-electron chi connectivity index (χ4n) is 3.45. The molecule has 7 heteroatoms. The zero-order valence-corrected chi connectivity index (χ0v) is 14.5. The molecular formula is C17H21N3O3S. The Kier molecular flexibility index (Phi) is 3.63. The molecule has 0 bridgehead atoms. The third-order valence-electron chi connectivity index (χ3n) is 4.88. The lowest BCUT2D eigenvalue weighted by molar-refractivity contribution is -0.120. The Morgan fingerprint density at radius 3 is 2.79 bits per heavy atom. The zero-order chi connectivity index (χ0) is 16.9. The fourth-order valence-corrected chi connectivity index (χ4v) is 5.13. The highest BCUT2D eigenvalue weighted by molar-refractivity contribution is 7.91. The molecule has 2 heterocycles. The van der Waals surface area contributed by atoms with E-state index in [-0.39, 0.29) is 29.9 Å². The number of aryl methyl sites for hydroxylation is 1. The molecule has 6 nitrogen and oxygen atoms in total. The highest BCUT2D eigenvalue weighted by Gasteiger charge is 2.29. The van der Waals surface area contributed by atoms with Gasteiger partial charge in [-0.25, -0.2) is 13.4 Å². The maximum atomic E-state index is 12.2. The molecular weight excluding hydrogens is 326 g/mol. The van der Waals surface area contributed by atoms with Gasteiger partial charge < -0.3 is 9.88 Å². The maximum Gasteiger partial charge on any atom is 0.224 e. The van der Waals surface area contributed by atoms with Crippen molar-refractivity contribution in [2.45, 2.75) is 37.6 Å². The van der Waals surface area contributed by atoms with E-state index in [1.807, 2.05) is 25.2 Å². The van der Waals surface area contributed by atoms with Gasteiger partial charge in [0.05, 0.1) is 29.0 Å². The number of rotatable bonds is 4. The SMILES string of the molecule is Cn1c(C2CC2)nc2cc(CC(=O)NC3CCS(=O)(=O)C3)ccc21. The molecule has 4 rings (SSSR count). The van der Waals surface area contributed by atoms with Gasteiger partial charge in [0.2, 0.25) is 5.91 Å². The average molecular weight is 347 g/mol. The number of hydrogen-bond donors (Lipinski definition) is 1. The number of benzene rings is 1. The van der Waals surface area contributed by atoms with Crippen molar-refractivity contribution in [1.29, 1.82) is 0 Å². The molecule has 128 valence electrons. The van der Waals surface area contributed by atoms with Crippen molar-refractivity contribution in [2.24, 2.45) is 7.05 Å². The number of nitrogens with zero attached hydrogens (tertiary/aromatic N) is 2. The van der Waals surface area contributed by atoms with Crippen molar-refractivity contribution in [2.75, 3.05) is 11.5 Å². The zero-order valence-electron chi connectivity index (χ0n) is 13.7. The molecule has 1 atom stereocenters. The van der Waals surface area contributed by atoms with Crippen LogP contribution in [0.4, 0.5) is 0 Å². The summed E-state index contributed by atoms with van der Waals surface area (Å²) in [5, 5.41) is 2.83. The molecule has 2 aliphatic rings. The first kappa shape index (κ1) is 15.6. The fraction of sp³-hybridized carbons (Fsp3) is 0.529. The van der Waals surface area contributed by atoms with Gasteiger partial charge in [-0.1, -0.05) is 6.07 Å². The molecule has 0 spiro atoms. The van der Waals surface area contributed by atoms with Gasteiger partial charge in [0.1, 0.15) is 5.82 Å². The average Bonchev–Trinajstić information content (AvgIpc) is 3.22. The number of amides is 1. The Balaban J connectivity index is 1.47. The van der Waals surface area contributed by atoms with Gasteiger partial charge in [-0.05, 0) is 37.0 Å². The van der Waals surface area contributed by atoms with Crippen molar-refractivity contribution in [3.05, 3.63) is 29.6 Å². The highest BCUT2D eigenvalue weighted by Crippen LogP contribution is 2.40. The van der Waals surface area contributed by atoms with Gasteiger partial charge in [0.15, 0.2) is 9.84 Å². The molecule has 1 unspecified atom stereocenters. The molecule has 24 heavy (non-hydrogen) atoms. The predicted octanol–water partition coefficient (Wildman–Crippen LogP) is 1.30. The van der Waals surface area contributed by atoms with Gasteiger partial charge in [-0.3, -0.25) is 4.79 Å². The van der Waals surface area contributed by atoms with E-state index in [9.17, 15) is 13.2 Å². The standard InChI is InChI=1S/C17H21N3O3S/c1-20-15-5-2-11(8-14(15)19-17(20)12-3-4-12)9-16(21)18-13-6-7-24(22,23)10-13/h2,5,8,12-13H,3-4,6-7,9-10H2,1H3,(H,18,21). The Bertz CT molecular complexity index is 913. The second-order valence-corrected chi connectivity index (χ2v) is 9.20. The number of nitrogens with one attached hydrogen (secondary N) is 1. The van der Waals surface area contributed by atoms with Crippen LogP contribution < -0.4 is 5.32 Å². The van der Waals surface area contributed by atoms with Gasteiger partial charge in [-0.15, -0.1) is 0 Å². The first-order valence-corrected chi connectivity index (χ1v) is 10.2. The van der Waals surface area contributed by atoms with Crippen LogP contribution in [0.15, 0.2) is 18.2 Å².